The average Bonchev–Trinajstić information content (AvgIpc) is 3.40. The first-order valence-corrected chi connectivity index (χ1v) is 12.1. The molecule has 0 unspecified atom stereocenters. The Labute approximate surface area is 213 Å². The van der Waals surface area contributed by atoms with Gasteiger partial charge in [0.2, 0.25) is 0 Å². The van der Waals surface area contributed by atoms with Crippen LogP contribution in [-0.2, 0) is 6.54 Å². The third kappa shape index (κ3) is 3.94. The van der Waals surface area contributed by atoms with Crippen LogP contribution >= 0.6 is 12.4 Å². The van der Waals surface area contributed by atoms with Crippen molar-refractivity contribution in [2.24, 2.45) is 0 Å². The van der Waals surface area contributed by atoms with Crippen molar-refractivity contribution in [3.63, 3.8) is 0 Å². The van der Waals surface area contributed by atoms with Crippen molar-refractivity contribution < 1.29 is 4.79 Å². The van der Waals surface area contributed by atoms with Gasteiger partial charge in [0, 0.05) is 24.1 Å². The Morgan fingerprint density at radius 1 is 1.14 bits per heavy atom. The number of H-pyrrole nitrogens is 1. The number of rotatable bonds is 4. The van der Waals surface area contributed by atoms with Crippen LogP contribution in [-0.4, -0.2) is 43.1 Å². The molecule has 186 valence electrons. The number of anilines is 1. The van der Waals surface area contributed by atoms with E-state index in [9.17, 15) is 9.59 Å². The number of imidazole rings is 1. The van der Waals surface area contributed by atoms with Gasteiger partial charge in [-0.1, -0.05) is 6.07 Å². The van der Waals surface area contributed by atoms with Crippen molar-refractivity contribution in [1.29, 1.82) is 0 Å². The van der Waals surface area contributed by atoms with E-state index < -0.39 is 0 Å². The molecule has 1 saturated heterocycles. The number of piperidine rings is 1. The molecule has 5 aromatic rings. The van der Waals surface area contributed by atoms with Crippen LogP contribution in [0.4, 0.5) is 5.69 Å². The topological polar surface area (TPSA) is 109 Å². The molecule has 0 saturated carbocycles. The zero-order valence-corrected chi connectivity index (χ0v) is 21.0. The third-order valence-electron chi connectivity index (χ3n) is 6.99. The van der Waals surface area contributed by atoms with Crippen molar-refractivity contribution in [1.82, 2.24) is 29.5 Å². The molecule has 1 amide bonds. The molecule has 0 aliphatic carbocycles. The number of nitrogens with zero attached hydrogens (tertiary/aromatic N) is 4. The number of nitrogens with one attached hydrogen (secondary N) is 3. The molecule has 0 radical (unpaired) electrons. The fraction of sp³-hybridized carbons (Fsp3) is 0.308. The second kappa shape index (κ2) is 9.40. The number of carbonyl (C=O) groups excluding carboxylic acids is 1. The molecule has 36 heavy (non-hydrogen) atoms. The summed E-state index contributed by atoms with van der Waals surface area (Å²) in [6, 6.07) is 12.8. The van der Waals surface area contributed by atoms with Crippen molar-refractivity contribution in [2.75, 3.05) is 18.4 Å². The van der Waals surface area contributed by atoms with Gasteiger partial charge in [-0.3, -0.25) is 9.59 Å². The number of benzene rings is 2. The summed E-state index contributed by atoms with van der Waals surface area (Å²) in [5, 5.41) is 11.9. The number of amides is 1. The Kier molecular flexibility index (Phi) is 6.27. The maximum absolute atomic E-state index is 13.3. The second-order valence-corrected chi connectivity index (χ2v) is 9.10. The highest BCUT2D eigenvalue weighted by Crippen LogP contribution is 2.31. The Morgan fingerprint density at radius 3 is 2.72 bits per heavy atom. The molecule has 3 N–H and O–H groups in total. The van der Waals surface area contributed by atoms with Crippen LogP contribution < -0.4 is 16.2 Å². The summed E-state index contributed by atoms with van der Waals surface area (Å²) in [5.41, 5.74) is 4.99. The molecule has 3 aromatic heterocycles. The number of halogens is 1. The fourth-order valence-corrected chi connectivity index (χ4v) is 5.28. The summed E-state index contributed by atoms with van der Waals surface area (Å²) < 4.78 is 3.96. The van der Waals surface area contributed by atoms with Gasteiger partial charge in [-0.05, 0) is 70.1 Å². The van der Waals surface area contributed by atoms with Gasteiger partial charge in [-0.15, -0.1) is 12.4 Å². The maximum atomic E-state index is 13.3. The minimum atomic E-state index is -0.237. The van der Waals surface area contributed by atoms with Crippen LogP contribution in [0.5, 0.6) is 0 Å². The van der Waals surface area contributed by atoms with Crippen LogP contribution in [0.3, 0.4) is 0 Å². The predicted octanol–water partition coefficient (Wildman–Crippen LogP) is 3.99. The standard InChI is InChI=1S/C26H27N7O2.ClH/c1-3-32-15(2)28-20-13-17(7-8-21(20)32)26(35)29-18-5-4-6-19-24(18)25-30-23(34)14-22(33(25)31-19)16-9-11-27-12-10-16;/h4-8,13-14,16,27H,3,9-12H2,1-2H3,(H,29,35)(H,30,34);1H. The lowest BCUT2D eigenvalue weighted by Crippen LogP contribution is -2.28. The van der Waals surface area contributed by atoms with Crippen molar-refractivity contribution in [3.05, 3.63) is 69.9 Å². The number of aryl methyl sites for hydroxylation is 2. The zero-order chi connectivity index (χ0) is 24.1. The maximum Gasteiger partial charge on any atom is 0.255 e. The summed E-state index contributed by atoms with van der Waals surface area (Å²) in [6.45, 7) is 6.70. The lowest BCUT2D eigenvalue weighted by Gasteiger charge is -2.23. The lowest BCUT2D eigenvalue weighted by atomic mass is 9.94. The van der Waals surface area contributed by atoms with Crippen molar-refractivity contribution in [2.45, 2.75) is 39.2 Å². The Morgan fingerprint density at radius 2 is 1.94 bits per heavy atom. The first-order valence-electron chi connectivity index (χ1n) is 12.1. The molecule has 0 spiro atoms. The zero-order valence-electron chi connectivity index (χ0n) is 20.2. The van der Waals surface area contributed by atoms with E-state index in [0.717, 1.165) is 60.4 Å². The van der Waals surface area contributed by atoms with Gasteiger partial charge in [0.25, 0.3) is 11.5 Å². The van der Waals surface area contributed by atoms with Crippen molar-refractivity contribution in [3.8, 4) is 0 Å². The number of hydrogen-bond donors (Lipinski definition) is 3. The Hall–Kier alpha value is -3.69. The van der Waals surface area contributed by atoms with E-state index in [1.165, 1.54) is 0 Å². The molecule has 2 aromatic carbocycles. The lowest BCUT2D eigenvalue weighted by molar-refractivity contribution is 0.102. The fourth-order valence-electron chi connectivity index (χ4n) is 5.28. The van der Waals surface area contributed by atoms with E-state index in [-0.39, 0.29) is 29.8 Å². The summed E-state index contributed by atoms with van der Waals surface area (Å²) in [7, 11) is 0. The summed E-state index contributed by atoms with van der Waals surface area (Å²) in [5.74, 6) is 0.940. The molecule has 0 bridgehead atoms. The second-order valence-electron chi connectivity index (χ2n) is 9.10. The van der Waals surface area contributed by atoms with Crippen LogP contribution in [0.25, 0.3) is 27.6 Å². The SMILES string of the molecule is CCn1c(C)nc2cc(C(=O)Nc3cccc4nn5c(C6CCNCC6)cc(=O)[nH]c5c34)ccc21.Cl. The monoisotopic (exact) mass is 505 g/mol. The van der Waals surface area contributed by atoms with Gasteiger partial charge in [0.1, 0.15) is 11.5 Å². The highest BCUT2D eigenvalue weighted by molar-refractivity contribution is 6.12. The van der Waals surface area contributed by atoms with E-state index in [1.54, 1.807) is 6.07 Å². The predicted molar refractivity (Wildman–Crippen MR) is 144 cm³/mol. The van der Waals surface area contributed by atoms with Gasteiger partial charge < -0.3 is 20.2 Å². The molecule has 0 atom stereocenters. The molecule has 4 heterocycles. The number of hydrogen-bond acceptors (Lipinski definition) is 5. The number of aromatic amines is 1. The van der Waals surface area contributed by atoms with Gasteiger partial charge >= 0.3 is 0 Å². The van der Waals surface area contributed by atoms with Crippen LogP contribution in [0.2, 0.25) is 0 Å². The Balaban J connectivity index is 0.00000267. The summed E-state index contributed by atoms with van der Waals surface area (Å²) in [4.78, 5) is 33.4. The first kappa shape index (κ1) is 24.0. The highest BCUT2D eigenvalue weighted by atomic mass is 35.5. The highest BCUT2D eigenvalue weighted by Gasteiger charge is 2.22. The van der Waals surface area contributed by atoms with Gasteiger partial charge in [-0.2, -0.15) is 5.10 Å². The summed E-state index contributed by atoms with van der Waals surface area (Å²) >= 11 is 0. The quantitative estimate of drug-likeness (QED) is 0.342. The molecule has 6 rings (SSSR count). The van der Waals surface area contributed by atoms with E-state index in [1.807, 2.05) is 47.8 Å². The normalized spacial score (nSPS) is 14.4. The molecular weight excluding hydrogens is 478 g/mol. The van der Waals surface area contributed by atoms with Crippen LogP contribution in [0.1, 0.15) is 47.6 Å². The third-order valence-corrected chi connectivity index (χ3v) is 6.99. The molecule has 1 fully saturated rings. The van der Waals surface area contributed by atoms with Crippen LogP contribution in [0, 0.1) is 6.92 Å². The Bertz CT molecular complexity index is 1660. The summed E-state index contributed by atoms with van der Waals surface area (Å²) in [6.07, 6.45) is 1.90. The van der Waals surface area contributed by atoms with E-state index >= 15 is 0 Å². The minimum Gasteiger partial charge on any atom is -0.329 e. The van der Waals surface area contributed by atoms with E-state index in [2.05, 4.69) is 32.1 Å². The van der Waals surface area contributed by atoms with Gasteiger partial charge in [0.05, 0.1) is 33.3 Å². The molecule has 1 aliphatic rings. The molecule has 10 heteroatoms. The molecular formula is C26H28ClN7O2. The smallest absolute Gasteiger partial charge is 0.255 e. The number of aromatic nitrogens is 5. The number of fused-ring (bicyclic) bond motifs is 4. The van der Waals surface area contributed by atoms with Crippen LogP contribution in [0.15, 0.2) is 47.3 Å². The molecule has 1 aliphatic heterocycles. The average molecular weight is 506 g/mol. The minimum absolute atomic E-state index is 0. The largest absolute Gasteiger partial charge is 0.329 e. The van der Waals surface area contributed by atoms with Crippen molar-refractivity contribution >= 4 is 51.6 Å². The van der Waals surface area contributed by atoms with Gasteiger partial charge in [-0.25, -0.2) is 9.50 Å². The number of carbonyl (C=O) groups is 1. The van der Waals surface area contributed by atoms with E-state index in [4.69, 9.17) is 5.10 Å². The van der Waals surface area contributed by atoms with E-state index in [0.29, 0.717) is 22.4 Å². The van der Waals surface area contributed by atoms with Gasteiger partial charge in [0.15, 0.2) is 0 Å². The first-order chi connectivity index (χ1) is 17.0. The molecule has 9 nitrogen and oxygen atoms in total.